The molecule has 9 heteroatoms. The van der Waals surface area contributed by atoms with Gasteiger partial charge in [0.25, 0.3) is 21.8 Å². The van der Waals surface area contributed by atoms with Gasteiger partial charge in [-0.05, 0) is 79.1 Å². The van der Waals surface area contributed by atoms with Gasteiger partial charge in [0.2, 0.25) is 0 Å². The van der Waals surface area contributed by atoms with E-state index < -0.39 is 15.8 Å². The predicted molar refractivity (Wildman–Crippen MR) is 126 cm³/mol. The molecule has 2 amide bonds. The summed E-state index contributed by atoms with van der Waals surface area (Å²) in [5, 5.41) is 2.81. The molecule has 1 aliphatic heterocycles. The Bertz CT molecular complexity index is 1290. The summed E-state index contributed by atoms with van der Waals surface area (Å²) < 4.78 is 40.3. The Morgan fingerprint density at radius 1 is 0.882 bits per heavy atom. The van der Waals surface area contributed by atoms with Crippen molar-refractivity contribution in [2.24, 2.45) is 0 Å². The lowest BCUT2D eigenvalue weighted by Crippen LogP contribution is -2.28. The Balaban J connectivity index is 1.35. The van der Waals surface area contributed by atoms with Crippen LogP contribution in [0.15, 0.2) is 77.7 Å². The minimum absolute atomic E-state index is 0.00403. The first-order valence-electron chi connectivity index (χ1n) is 10.9. The standard InChI is InChI=1S/C25H24FN3O4S/c26-21-8-12-23(13-9-21)34(32,33)28-22-10-6-19(7-11-22)24(30)27-17-18-4-3-5-20(16-18)25(31)29-14-1-2-15-29/h3-13,16,28H,1-2,14-15,17H2,(H,27,30). The molecular formula is C25H24FN3O4S. The molecule has 7 nitrogen and oxygen atoms in total. The lowest BCUT2D eigenvalue weighted by molar-refractivity contribution is 0.0792. The van der Waals surface area contributed by atoms with Crippen molar-refractivity contribution < 1.29 is 22.4 Å². The number of likely N-dealkylation sites (tertiary alicyclic amines) is 1. The normalized spacial score (nSPS) is 13.5. The Morgan fingerprint density at radius 3 is 2.24 bits per heavy atom. The number of hydrogen-bond donors (Lipinski definition) is 2. The molecule has 0 radical (unpaired) electrons. The second-order valence-electron chi connectivity index (χ2n) is 8.02. The molecule has 0 aromatic heterocycles. The molecule has 34 heavy (non-hydrogen) atoms. The number of carbonyl (C=O) groups excluding carboxylic acids is 2. The molecule has 1 saturated heterocycles. The van der Waals surface area contributed by atoms with Gasteiger partial charge in [-0.15, -0.1) is 0 Å². The summed E-state index contributed by atoms with van der Waals surface area (Å²) in [4.78, 5) is 26.9. The number of rotatable bonds is 7. The average Bonchev–Trinajstić information content (AvgIpc) is 3.38. The maximum Gasteiger partial charge on any atom is 0.261 e. The number of benzene rings is 3. The molecule has 1 heterocycles. The molecule has 176 valence electrons. The first-order valence-corrected chi connectivity index (χ1v) is 12.3. The number of hydrogen-bond acceptors (Lipinski definition) is 4. The Labute approximate surface area is 197 Å². The molecule has 0 unspecified atom stereocenters. The van der Waals surface area contributed by atoms with Crippen LogP contribution in [0.5, 0.6) is 0 Å². The van der Waals surface area contributed by atoms with Crippen LogP contribution in [-0.4, -0.2) is 38.2 Å². The van der Waals surface area contributed by atoms with E-state index in [1.54, 1.807) is 18.2 Å². The summed E-state index contributed by atoms with van der Waals surface area (Å²) >= 11 is 0. The van der Waals surface area contributed by atoms with Gasteiger partial charge in [0.05, 0.1) is 4.90 Å². The van der Waals surface area contributed by atoms with Crippen LogP contribution in [0, 0.1) is 5.82 Å². The maximum atomic E-state index is 13.0. The van der Waals surface area contributed by atoms with Gasteiger partial charge < -0.3 is 10.2 Å². The van der Waals surface area contributed by atoms with Crippen molar-refractivity contribution in [1.82, 2.24) is 10.2 Å². The lowest BCUT2D eigenvalue weighted by atomic mass is 10.1. The van der Waals surface area contributed by atoms with Gasteiger partial charge in [0.15, 0.2) is 0 Å². The number of anilines is 1. The van der Waals surface area contributed by atoms with Gasteiger partial charge in [0, 0.05) is 36.4 Å². The summed E-state index contributed by atoms with van der Waals surface area (Å²) in [5.74, 6) is -0.854. The fraction of sp³-hybridized carbons (Fsp3) is 0.200. The SMILES string of the molecule is O=C(NCc1cccc(C(=O)N2CCCC2)c1)c1ccc(NS(=O)(=O)c2ccc(F)cc2)cc1. The van der Waals surface area contributed by atoms with Crippen molar-refractivity contribution in [2.75, 3.05) is 17.8 Å². The number of sulfonamides is 1. The summed E-state index contributed by atoms with van der Waals surface area (Å²) in [6.07, 6.45) is 2.04. The third-order valence-corrected chi connectivity index (χ3v) is 6.94. The minimum atomic E-state index is -3.88. The summed E-state index contributed by atoms with van der Waals surface area (Å²) in [6, 6.07) is 17.7. The first-order chi connectivity index (χ1) is 16.3. The molecule has 0 aliphatic carbocycles. The Morgan fingerprint density at radius 2 is 1.56 bits per heavy atom. The van der Waals surface area contributed by atoms with E-state index in [1.807, 2.05) is 11.0 Å². The highest BCUT2D eigenvalue weighted by molar-refractivity contribution is 7.92. The first kappa shape index (κ1) is 23.4. The van der Waals surface area contributed by atoms with Crippen LogP contribution in [0.2, 0.25) is 0 Å². The van der Waals surface area contributed by atoms with Crippen LogP contribution in [0.1, 0.15) is 39.1 Å². The topological polar surface area (TPSA) is 95.6 Å². The molecule has 1 fully saturated rings. The largest absolute Gasteiger partial charge is 0.348 e. The third kappa shape index (κ3) is 5.60. The van der Waals surface area contributed by atoms with Gasteiger partial charge in [-0.2, -0.15) is 0 Å². The number of carbonyl (C=O) groups is 2. The van der Waals surface area contributed by atoms with Gasteiger partial charge >= 0.3 is 0 Å². The predicted octanol–water partition coefficient (Wildman–Crippen LogP) is 3.79. The minimum Gasteiger partial charge on any atom is -0.348 e. The van der Waals surface area contributed by atoms with Crippen molar-refractivity contribution in [3.63, 3.8) is 0 Å². The van der Waals surface area contributed by atoms with Crippen molar-refractivity contribution >= 4 is 27.5 Å². The smallest absolute Gasteiger partial charge is 0.261 e. The molecule has 1 aliphatic rings. The van der Waals surface area contributed by atoms with E-state index in [0.29, 0.717) is 11.1 Å². The molecular weight excluding hydrogens is 457 g/mol. The van der Waals surface area contributed by atoms with Gasteiger partial charge in [-0.1, -0.05) is 12.1 Å². The highest BCUT2D eigenvalue weighted by Gasteiger charge is 2.19. The van der Waals surface area contributed by atoms with E-state index in [9.17, 15) is 22.4 Å². The molecule has 0 bridgehead atoms. The van der Waals surface area contributed by atoms with Gasteiger partial charge in [0.1, 0.15) is 5.82 Å². The molecule has 0 atom stereocenters. The van der Waals surface area contributed by atoms with Crippen LogP contribution in [-0.2, 0) is 16.6 Å². The van der Waals surface area contributed by atoms with E-state index in [-0.39, 0.29) is 28.9 Å². The average molecular weight is 482 g/mol. The molecule has 3 aromatic carbocycles. The third-order valence-electron chi connectivity index (χ3n) is 5.54. The molecule has 0 spiro atoms. The van der Waals surface area contributed by atoms with Crippen molar-refractivity contribution in [1.29, 1.82) is 0 Å². The van der Waals surface area contributed by atoms with Crippen LogP contribution in [0.25, 0.3) is 0 Å². The fourth-order valence-corrected chi connectivity index (χ4v) is 4.78. The highest BCUT2D eigenvalue weighted by atomic mass is 32.2. The number of nitrogens with zero attached hydrogens (tertiary/aromatic N) is 1. The van der Waals surface area contributed by atoms with E-state index in [1.165, 1.54) is 36.4 Å². The summed E-state index contributed by atoms with van der Waals surface area (Å²) in [7, 11) is -3.88. The van der Waals surface area contributed by atoms with E-state index in [2.05, 4.69) is 10.0 Å². The fourth-order valence-electron chi connectivity index (χ4n) is 3.72. The Kier molecular flexibility index (Phi) is 6.93. The molecule has 2 N–H and O–H groups in total. The van der Waals surface area contributed by atoms with E-state index >= 15 is 0 Å². The zero-order chi connectivity index (χ0) is 24.1. The summed E-state index contributed by atoms with van der Waals surface area (Å²) in [5.41, 5.74) is 2.04. The monoisotopic (exact) mass is 481 g/mol. The van der Waals surface area contributed by atoms with Gasteiger partial charge in [-0.25, -0.2) is 12.8 Å². The molecule has 3 aromatic rings. The highest BCUT2D eigenvalue weighted by Crippen LogP contribution is 2.18. The second-order valence-corrected chi connectivity index (χ2v) is 9.70. The summed E-state index contributed by atoms with van der Waals surface area (Å²) in [6.45, 7) is 1.80. The van der Waals surface area contributed by atoms with E-state index in [0.717, 1.165) is 43.6 Å². The molecule has 4 rings (SSSR count). The Hall–Kier alpha value is -3.72. The quantitative estimate of drug-likeness (QED) is 0.537. The molecule has 0 saturated carbocycles. The van der Waals surface area contributed by atoms with E-state index in [4.69, 9.17) is 0 Å². The zero-order valence-electron chi connectivity index (χ0n) is 18.3. The lowest BCUT2D eigenvalue weighted by Gasteiger charge is -2.15. The van der Waals surface area contributed by atoms with Crippen LogP contribution < -0.4 is 10.0 Å². The maximum absolute atomic E-state index is 13.0. The van der Waals surface area contributed by atoms with Crippen molar-refractivity contribution in [3.05, 3.63) is 95.3 Å². The van der Waals surface area contributed by atoms with Crippen molar-refractivity contribution in [2.45, 2.75) is 24.3 Å². The van der Waals surface area contributed by atoms with Crippen LogP contribution in [0.3, 0.4) is 0 Å². The van der Waals surface area contributed by atoms with Crippen molar-refractivity contribution in [3.8, 4) is 0 Å². The van der Waals surface area contributed by atoms with Gasteiger partial charge in [-0.3, -0.25) is 14.3 Å². The van der Waals surface area contributed by atoms with Crippen LogP contribution in [0.4, 0.5) is 10.1 Å². The second kappa shape index (κ2) is 10.0. The number of halogens is 1. The number of amides is 2. The number of nitrogens with one attached hydrogen (secondary N) is 2. The zero-order valence-corrected chi connectivity index (χ0v) is 19.1. The van der Waals surface area contributed by atoms with Crippen LogP contribution >= 0.6 is 0 Å².